The van der Waals surface area contributed by atoms with Crippen LogP contribution >= 0.6 is 0 Å². The van der Waals surface area contributed by atoms with E-state index in [9.17, 15) is 13.5 Å². The van der Waals surface area contributed by atoms with Gasteiger partial charge in [-0.3, -0.25) is 4.98 Å². The molecule has 1 atom stereocenters. The molecule has 0 fully saturated rings. The molecular weight excluding hydrogens is 348 g/mol. The van der Waals surface area contributed by atoms with Crippen LogP contribution in [-0.2, 0) is 10.0 Å². The lowest BCUT2D eigenvalue weighted by Gasteiger charge is -2.16. The van der Waals surface area contributed by atoms with Crippen molar-refractivity contribution in [2.45, 2.75) is 11.0 Å². The number of rotatable bonds is 4. The third-order valence-electron chi connectivity index (χ3n) is 4.27. The molecule has 1 N–H and O–H groups in total. The van der Waals surface area contributed by atoms with Gasteiger partial charge in [0.2, 0.25) is 0 Å². The van der Waals surface area contributed by atoms with Gasteiger partial charge in [-0.15, -0.1) is 0 Å². The predicted octanol–water partition coefficient (Wildman–Crippen LogP) is 3.36. The van der Waals surface area contributed by atoms with E-state index in [1.165, 1.54) is 22.3 Å². The monoisotopic (exact) mass is 364 g/mol. The van der Waals surface area contributed by atoms with Gasteiger partial charge in [0.1, 0.15) is 6.10 Å². The van der Waals surface area contributed by atoms with E-state index >= 15 is 0 Å². The fraction of sp³-hybridized carbons (Fsp3) is 0.0500. The average molecular weight is 364 g/mol. The van der Waals surface area contributed by atoms with Crippen molar-refractivity contribution >= 4 is 20.9 Å². The summed E-state index contributed by atoms with van der Waals surface area (Å²) >= 11 is 0. The van der Waals surface area contributed by atoms with E-state index in [-0.39, 0.29) is 10.6 Å². The largest absolute Gasteiger partial charge is 0.382 e. The minimum atomic E-state index is -3.89. The number of benzene rings is 2. The topological polar surface area (TPSA) is 72.2 Å². The van der Waals surface area contributed by atoms with Crippen LogP contribution in [-0.4, -0.2) is 22.5 Å². The van der Waals surface area contributed by atoms with Crippen LogP contribution in [0, 0.1) is 0 Å². The number of pyridine rings is 1. The summed E-state index contributed by atoms with van der Waals surface area (Å²) in [5.74, 6) is 0. The van der Waals surface area contributed by atoms with Crippen molar-refractivity contribution in [3.63, 3.8) is 0 Å². The molecule has 0 radical (unpaired) electrons. The Morgan fingerprint density at radius 3 is 2.27 bits per heavy atom. The molecule has 0 amide bonds. The van der Waals surface area contributed by atoms with Crippen molar-refractivity contribution in [3.05, 3.63) is 96.4 Å². The number of fused-ring (bicyclic) bond motifs is 1. The summed E-state index contributed by atoms with van der Waals surface area (Å²) in [5.41, 5.74) is 1.33. The molecule has 0 saturated carbocycles. The summed E-state index contributed by atoms with van der Waals surface area (Å²) in [6.45, 7) is 0. The molecule has 2 heterocycles. The quantitative estimate of drug-likeness (QED) is 0.603. The number of hydrogen-bond acceptors (Lipinski definition) is 4. The highest BCUT2D eigenvalue weighted by atomic mass is 32.2. The van der Waals surface area contributed by atoms with Gasteiger partial charge < -0.3 is 5.11 Å². The lowest BCUT2D eigenvalue weighted by atomic mass is 10.1. The van der Waals surface area contributed by atoms with Crippen LogP contribution in [0.2, 0.25) is 0 Å². The second-order valence-corrected chi connectivity index (χ2v) is 7.69. The summed E-state index contributed by atoms with van der Waals surface area (Å²) < 4.78 is 27.8. The van der Waals surface area contributed by atoms with Gasteiger partial charge in [-0.1, -0.05) is 48.5 Å². The third-order valence-corrected chi connectivity index (χ3v) is 6.02. The third kappa shape index (κ3) is 2.69. The zero-order chi connectivity index (χ0) is 18.1. The van der Waals surface area contributed by atoms with Crippen molar-refractivity contribution in [2.75, 3.05) is 0 Å². The van der Waals surface area contributed by atoms with Gasteiger partial charge in [0.05, 0.1) is 22.3 Å². The van der Waals surface area contributed by atoms with Gasteiger partial charge in [-0.05, 0) is 29.8 Å². The van der Waals surface area contributed by atoms with E-state index < -0.39 is 16.1 Å². The van der Waals surface area contributed by atoms with Crippen molar-refractivity contribution in [1.82, 2.24) is 8.96 Å². The predicted molar refractivity (Wildman–Crippen MR) is 99.3 cm³/mol. The van der Waals surface area contributed by atoms with Gasteiger partial charge in [-0.25, -0.2) is 12.4 Å². The van der Waals surface area contributed by atoms with Gasteiger partial charge >= 0.3 is 0 Å². The molecule has 2 aromatic carbocycles. The summed E-state index contributed by atoms with van der Waals surface area (Å²) in [6.07, 6.45) is 2.01. The second-order valence-electron chi connectivity index (χ2n) is 5.90. The van der Waals surface area contributed by atoms with E-state index in [1.54, 1.807) is 60.8 Å². The van der Waals surface area contributed by atoms with Crippen molar-refractivity contribution in [1.29, 1.82) is 0 Å². The fourth-order valence-electron chi connectivity index (χ4n) is 3.01. The van der Waals surface area contributed by atoms with Crippen molar-refractivity contribution in [2.24, 2.45) is 0 Å². The van der Waals surface area contributed by atoms with Crippen LogP contribution in [0.1, 0.15) is 17.4 Å². The zero-order valence-corrected chi connectivity index (χ0v) is 14.5. The summed E-state index contributed by atoms with van der Waals surface area (Å²) in [4.78, 5) is 4.21. The molecule has 4 aromatic rings. The Bertz CT molecular complexity index is 1150. The van der Waals surface area contributed by atoms with E-state index in [0.717, 1.165) is 0 Å². The molecule has 5 nitrogen and oxygen atoms in total. The molecule has 4 rings (SSSR count). The molecule has 130 valence electrons. The molecule has 2 aromatic heterocycles. The lowest BCUT2D eigenvalue weighted by molar-refractivity contribution is 0.214. The molecule has 0 bridgehead atoms. The van der Waals surface area contributed by atoms with Gasteiger partial charge in [0.15, 0.2) is 0 Å². The molecule has 0 aliphatic heterocycles. The highest BCUT2D eigenvalue weighted by Crippen LogP contribution is 2.31. The van der Waals surface area contributed by atoms with Crippen LogP contribution in [0.3, 0.4) is 0 Å². The van der Waals surface area contributed by atoms with E-state index in [4.69, 9.17) is 0 Å². The first-order valence-electron chi connectivity index (χ1n) is 8.08. The Hall–Kier alpha value is -2.96. The van der Waals surface area contributed by atoms with Crippen molar-refractivity contribution < 1.29 is 13.5 Å². The molecule has 0 aliphatic carbocycles. The van der Waals surface area contributed by atoms with Crippen molar-refractivity contribution in [3.8, 4) is 0 Å². The number of aliphatic hydroxyl groups excluding tert-OH is 1. The standard InChI is InChI=1S/C20H16N2O3S/c23-20(15-7-3-1-4-8-15)18-13-16-11-12-21-14-19(16)22(18)26(24,25)17-9-5-2-6-10-17/h1-14,20,23H/t20-/m0/s1. The molecule has 0 unspecified atom stereocenters. The summed E-state index contributed by atoms with van der Waals surface area (Å²) in [5, 5.41) is 11.6. The smallest absolute Gasteiger partial charge is 0.268 e. The summed E-state index contributed by atoms with van der Waals surface area (Å²) in [6, 6.07) is 20.6. The Morgan fingerprint density at radius 2 is 1.58 bits per heavy atom. The highest BCUT2D eigenvalue weighted by molar-refractivity contribution is 7.90. The maximum atomic E-state index is 13.3. The normalized spacial score (nSPS) is 13.0. The first-order valence-corrected chi connectivity index (χ1v) is 9.52. The first kappa shape index (κ1) is 16.5. The van der Waals surface area contributed by atoms with Gasteiger partial charge in [0, 0.05) is 11.6 Å². The van der Waals surface area contributed by atoms with E-state index in [0.29, 0.717) is 16.5 Å². The Kier molecular flexibility index (Phi) is 4.06. The van der Waals surface area contributed by atoms with E-state index in [1.807, 2.05) is 6.07 Å². The Labute approximate surface area is 151 Å². The molecule has 26 heavy (non-hydrogen) atoms. The maximum Gasteiger partial charge on any atom is 0.268 e. The van der Waals surface area contributed by atoms with Crippen LogP contribution < -0.4 is 0 Å². The number of hydrogen-bond donors (Lipinski definition) is 1. The Balaban J connectivity index is 1.99. The molecular formula is C20H16N2O3S. The average Bonchev–Trinajstić information content (AvgIpc) is 3.09. The number of nitrogens with zero attached hydrogens (tertiary/aromatic N) is 2. The molecule has 0 spiro atoms. The number of aromatic nitrogens is 2. The fourth-order valence-corrected chi connectivity index (χ4v) is 4.56. The van der Waals surface area contributed by atoms with Gasteiger partial charge in [-0.2, -0.15) is 0 Å². The first-order chi connectivity index (χ1) is 12.6. The number of aliphatic hydroxyl groups is 1. The van der Waals surface area contributed by atoms with Crippen LogP contribution in [0.5, 0.6) is 0 Å². The maximum absolute atomic E-state index is 13.3. The van der Waals surface area contributed by atoms with Gasteiger partial charge in [0.25, 0.3) is 10.0 Å². The zero-order valence-electron chi connectivity index (χ0n) is 13.7. The van der Waals surface area contributed by atoms with Crippen LogP contribution in [0.15, 0.2) is 90.1 Å². The van der Waals surface area contributed by atoms with Crippen LogP contribution in [0.4, 0.5) is 0 Å². The van der Waals surface area contributed by atoms with E-state index in [2.05, 4.69) is 4.98 Å². The minimum absolute atomic E-state index is 0.155. The molecule has 0 saturated heterocycles. The van der Waals surface area contributed by atoms with Crippen LogP contribution in [0.25, 0.3) is 10.9 Å². The minimum Gasteiger partial charge on any atom is -0.382 e. The highest BCUT2D eigenvalue weighted by Gasteiger charge is 2.27. The molecule has 0 aliphatic rings. The SMILES string of the molecule is O=S(=O)(c1ccccc1)n1c([C@@H](O)c2ccccc2)cc2ccncc21. The molecule has 6 heteroatoms. The second kappa shape index (κ2) is 6.40. The summed E-state index contributed by atoms with van der Waals surface area (Å²) in [7, 11) is -3.89. The lowest BCUT2D eigenvalue weighted by Crippen LogP contribution is -2.18. The Morgan fingerprint density at radius 1 is 0.923 bits per heavy atom.